The average Bonchev–Trinajstić information content (AvgIpc) is 2.97. The van der Waals surface area contributed by atoms with Crippen LogP contribution in [0.1, 0.15) is 58.2 Å². The SMILES string of the molecule is CC(C)(C)OC(=O)N=CC1CCC[C@H](c2nnc3cccc(Cl)n23)C1. The Morgan fingerprint density at radius 1 is 1.36 bits per heavy atom. The quantitative estimate of drug-likeness (QED) is 0.575. The normalized spacial score (nSPS) is 21.8. The lowest BCUT2D eigenvalue weighted by molar-refractivity contribution is 0.0604. The first-order valence-electron chi connectivity index (χ1n) is 8.60. The summed E-state index contributed by atoms with van der Waals surface area (Å²) in [5.41, 5.74) is 0.229. The molecule has 1 aliphatic rings. The number of amides is 1. The summed E-state index contributed by atoms with van der Waals surface area (Å²) in [5, 5.41) is 9.18. The second kappa shape index (κ2) is 7.12. The summed E-state index contributed by atoms with van der Waals surface area (Å²) in [6.07, 6.45) is 5.15. The summed E-state index contributed by atoms with van der Waals surface area (Å²) < 4.78 is 7.12. The van der Waals surface area contributed by atoms with Gasteiger partial charge in [0.15, 0.2) is 5.65 Å². The van der Waals surface area contributed by atoms with Gasteiger partial charge in [0.25, 0.3) is 0 Å². The predicted molar refractivity (Wildman–Crippen MR) is 97.4 cm³/mol. The number of aliphatic imine (C=N–C) groups is 1. The molecule has 0 aromatic carbocycles. The zero-order valence-electron chi connectivity index (χ0n) is 14.8. The predicted octanol–water partition coefficient (Wildman–Crippen LogP) is 4.66. The molecular weight excluding hydrogens is 340 g/mol. The molecule has 0 aliphatic heterocycles. The second-order valence-corrected chi connectivity index (χ2v) is 7.87. The Morgan fingerprint density at radius 2 is 2.16 bits per heavy atom. The van der Waals surface area contributed by atoms with Crippen molar-refractivity contribution in [3.63, 3.8) is 0 Å². The van der Waals surface area contributed by atoms with Crippen LogP contribution in [0.2, 0.25) is 5.15 Å². The number of hydrogen-bond acceptors (Lipinski definition) is 4. The van der Waals surface area contributed by atoms with Crippen molar-refractivity contribution >= 4 is 29.6 Å². The van der Waals surface area contributed by atoms with Crippen molar-refractivity contribution in [1.29, 1.82) is 0 Å². The van der Waals surface area contributed by atoms with Crippen LogP contribution in [0.25, 0.3) is 5.65 Å². The van der Waals surface area contributed by atoms with Gasteiger partial charge < -0.3 is 4.74 Å². The number of carbonyl (C=O) groups excluding carboxylic acids is 1. The van der Waals surface area contributed by atoms with Crippen molar-refractivity contribution in [2.75, 3.05) is 0 Å². The molecule has 0 N–H and O–H groups in total. The van der Waals surface area contributed by atoms with Crippen LogP contribution in [0, 0.1) is 5.92 Å². The highest BCUT2D eigenvalue weighted by atomic mass is 35.5. The van der Waals surface area contributed by atoms with Crippen LogP contribution in [0.15, 0.2) is 23.2 Å². The fraction of sp³-hybridized carbons (Fsp3) is 0.556. The molecule has 1 amide bonds. The summed E-state index contributed by atoms with van der Waals surface area (Å²) in [6, 6.07) is 5.60. The Balaban J connectivity index is 1.72. The van der Waals surface area contributed by atoms with E-state index in [0.717, 1.165) is 37.2 Å². The third kappa shape index (κ3) is 4.37. The van der Waals surface area contributed by atoms with Crippen molar-refractivity contribution in [2.45, 2.75) is 58.0 Å². The number of halogens is 1. The molecule has 1 unspecified atom stereocenters. The van der Waals surface area contributed by atoms with Crippen molar-refractivity contribution in [2.24, 2.45) is 10.9 Å². The summed E-state index contributed by atoms with van der Waals surface area (Å²) in [6.45, 7) is 5.49. The molecule has 134 valence electrons. The number of nitrogens with zero attached hydrogens (tertiary/aromatic N) is 4. The average molecular weight is 363 g/mol. The molecule has 2 aromatic rings. The summed E-state index contributed by atoms with van der Waals surface area (Å²) in [5.74, 6) is 1.36. The van der Waals surface area contributed by atoms with Gasteiger partial charge >= 0.3 is 6.09 Å². The Kier molecular flexibility index (Phi) is 5.08. The minimum Gasteiger partial charge on any atom is -0.442 e. The van der Waals surface area contributed by atoms with Crippen LogP contribution in [-0.4, -0.2) is 32.5 Å². The molecule has 7 heteroatoms. The molecule has 0 bridgehead atoms. The molecule has 1 fully saturated rings. The standard InChI is InChI=1S/C18H23ClN4O2/c1-18(2,3)25-17(24)20-11-12-6-4-7-13(10-12)16-22-21-15-9-5-8-14(19)23(15)16/h5,8-9,11-13H,4,6-7,10H2,1-3H3/t12?,13-/m0/s1. The first-order valence-corrected chi connectivity index (χ1v) is 8.98. The number of ether oxygens (including phenoxy) is 1. The van der Waals surface area contributed by atoms with Crippen molar-refractivity contribution < 1.29 is 9.53 Å². The smallest absolute Gasteiger partial charge is 0.433 e. The van der Waals surface area contributed by atoms with Crippen LogP contribution in [-0.2, 0) is 4.74 Å². The van der Waals surface area contributed by atoms with E-state index in [-0.39, 0.29) is 11.8 Å². The van der Waals surface area contributed by atoms with Gasteiger partial charge in [0.2, 0.25) is 0 Å². The molecule has 1 saturated carbocycles. The molecule has 2 aromatic heterocycles. The van der Waals surface area contributed by atoms with Crippen LogP contribution < -0.4 is 0 Å². The maximum absolute atomic E-state index is 11.8. The maximum Gasteiger partial charge on any atom is 0.433 e. The molecular formula is C18H23ClN4O2. The van der Waals surface area contributed by atoms with Gasteiger partial charge in [0.1, 0.15) is 16.6 Å². The Morgan fingerprint density at radius 3 is 2.92 bits per heavy atom. The largest absolute Gasteiger partial charge is 0.442 e. The topological polar surface area (TPSA) is 68.8 Å². The first-order chi connectivity index (χ1) is 11.8. The van der Waals surface area contributed by atoms with Crippen LogP contribution in [0.5, 0.6) is 0 Å². The minimum atomic E-state index is -0.536. The van der Waals surface area contributed by atoms with E-state index in [2.05, 4.69) is 15.2 Å². The first kappa shape index (κ1) is 17.9. The molecule has 0 saturated heterocycles. The van der Waals surface area contributed by atoms with E-state index < -0.39 is 11.7 Å². The highest BCUT2D eigenvalue weighted by Crippen LogP contribution is 2.35. The third-order valence-corrected chi connectivity index (χ3v) is 4.56. The van der Waals surface area contributed by atoms with Crippen molar-refractivity contribution in [1.82, 2.24) is 14.6 Å². The van der Waals surface area contributed by atoms with E-state index in [4.69, 9.17) is 16.3 Å². The number of pyridine rings is 1. The lowest BCUT2D eigenvalue weighted by Crippen LogP contribution is -2.23. The van der Waals surface area contributed by atoms with E-state index in [1.165, 1.54) is 0 Å². The Labute approximate surface area is 152 Å². The molecule has 1 aliphatic carbocycles. The van der Waals surface area contributed by atoms with Crippen molar-refractivity contribution in [3.05, 3.63) is 29.2 Å². The van der Waals surface area contributed by atoms with Crippen LogP contribution in [0.4, 0.5) is 4.79 Å². The lowest BCUT2D eigenvalue weighted by Gasteiger charge is -2.25. The molecule has 2 atom stereocenters. The Bertz CT molecular complexity index is 794. The molecule has 2 heterocycles. The van der Waals surface area contributed by atoms with E-state index in [0.29, 0.717) is 5.15 Å². The zero-order valence-corrected chi connectivity index (χ0v) is 15.5. The van der Waals surface area contributed by atoms with E-state index >= 15 is 0 Å². The fourth-order valence-electron chi connectivity index (χ4n) is 3.24. The monoisotopic (exact) mass is 362 g/mol. The van der Waals surface area contributed by atoms with E-state index in [1.54, 1.807) is 6.21 Å². The second-order valence-electron chi connectivity index (χ2n) is 7.48. The highest BCUT2D eigenvalue weighted by Gasteiger charge is 2.27. The molecule has 6 nitrogen and oxygen atoms in total. The van der Waals surface area contributed by atoms with Gasteiger partial charge in [0.05, 0.1) is 0 Å². The number of rotatable bonds is 2. The van der Waals surface area contributed by atoms with Gasteiger partial charge in [-0.15, -0.1) is 10.2 Å². The third-order valence-electron chi connectivity index (χ3n) is 4.27. The van der Waals surface area contributed by atoms with Gasteiger partial charge in [-0.3, -0.25) is 4.40 Å². The van der Waals surface area contributed by atoms with Gasteiger partial charge in [0, 0.05) is 12.1 Å². The lowest BCUT2D eigenvalue weighted by atomic mass is 9.81. The Hall–Kier alpha value is -1.95. The molecule has 0 radical (unpaired) electrons. The maximum atomic E-state index is 11.8. The van der Waals surface area contributed by atoms with E-state index in [1.807, 2.05) is 43.4 Å². The van der Waals surface area contributed by atoms with E-state index in [9.17, 15) is 4.79 Å². The number of hydrogen-bond donors (Lipinski definition) is 0. The fourth-order valence-corrected chi connectivity index (χ4v) is 3.49. The van der Waals surface area contributed by atoms with Gasteiger partial charge in [-0.05, 0) is 58.1 Å². The summed E-state index contributed by atoms with van der Waals surface area (Å²) in [4.78, 5) is 15.7. The summed E-state index contributed by atoms with van der Waals surface area (Å²) in [7, 11) is 0. The van der Waals surface area contributed by atoms with Crippen LogP contribution in [0.3, 0.4) is 0 Å². The van der Waals surface area contributed by atoms with Gasteiger partial charge in [-0.25, -0.2) is 4.79 Å². The summed E-state index contributed by atoms with van der Waals surface area (Å²) >= 11 is 6.32. The van der Waals surface area contributed by atoms with Gasteiger partial charge in [-0.2, -0.15) is 4.99 Å². The number of aromatic nitrogens is 3. The number of carbonyl (C=O) groups is 1. The number of fused-ring (bicyclic) bond motifs is 1. The molecule has 3 rings (SSSR count). The van der Waals surface area contributed by atoms with Crippen LogP contribution >= 0.6 is 11.6 Å². The zero-order chi connectivity index (χ0) is 18.0. The highest BCUT2D eigenvalue weighted by molar-refractivity contribution is 6.29. The van der Waals surface area contributed by atoms with Crippen molar-refractivity contribution in [3.8, 4) is 0 Å². The van der Waals surface area contributed by atoms with Gasteiger partial charge in [-0.1, -0.05) is 24.1 Å². The molecule has 25 heavy (non-hydrogen) atoms. The molecule has 0 spiro atoms. The minimum absolute atomic E-state index is 0.223.